The molecule has 0 aliphatic heterocycles. The number of methoxy groups -OCH3 is 3. The van der Waals surface area contributed by atoms with Crippen LogP contribution in [0, 0.1) is 0 Å². The van der Waals surface area contributed by atoms with Crippen LogP contribution in [0.1, 0.15) is 32.4 Å². The number of carbonyl (C=O) groups excluding carboxylic acids is 1. The Hall–Kier alpha value is -2.17. The Morgan fingerprint density at radius 1 is 1.00 bits per heavy atom. The number of ether oxygens (including phenoxy) is 4. The molecule has 1 aromatic rings. The second-order valence-corrected chi connectivity index (χ2v) is 4.72. The Morgan fingerprint density at radius 3 is 1.86 bits per heavy atom. The Morgan fingerprint density at radius 2 is 1.52 bits per heavy atom. The first-order chi connectivity index (χ1) is 9.92. The van der Waals surface area contributed by atoms with E-state index in [4.69, 9.17) is 18.9 Å². The predicted molar refractivity (Wildman–Crippen MR) is 80.0 cm³/mol. The summed E-state index contributed by atoms with van der Waals surface area (Å²) in [5.74, 6) is 1.30. The number of benzene rings is 1. The molecule has 0 spiro atoms. The number of hydrogen-bond donors (Lipinski definition) is 0. The van der Waals surface area contributed by atoms with Gasteiger partial charge in [-0.15, -0.1) is 0 Å². The summed E-state index contributed by atoms with van der Waals surface area (Å²) in [4.78, 5) is 11.4. The average molecular weight is 294 g/mol. The van der Waals surface area contributed by atoms with Crippen molar-refractivity contribution in [3.05, 3.63) is 29.3 Å². The zero-order valence-electron chi connectivity index (χ0n) is 13.4. The Balaban J connectivity index is 3.47. The summed E-state index contributed by atoms with van der Waals surface area (Å²) >= 11 is 0. The Kier molecular flexibility index (Phi) is 6.09. The number of hydrogen-bond acceptors (Lipinski definition) is 5. The van der Waals surface area contributed by atoms with Crippen LogP contribution in [0.5, 0.6) is 17.2 Å². The molecule has 0 aliphatic carbocycles. The molecule has 0 aromatic heterocycles. The van der Waals surface area contributed by atoms with Crippen LogP contribution >= 0.6 is 0 Å². The van der Waals surface area contributed by atoms with Crippen LogP contribution < -0.4 is 14.2 Å². The van der Waals surface area contributed by atoms with E-state index in [0.29, 0.717) is 22.8 Å². The molecule has 1 rings (SSSR count). The molecular weight excluding hydrogens is 272 g/mol. The predicted octanol–water partition coefficient (Wildman–Crippen LogP) is 3.28. The van der Waals surface area contributed by atoms with Gasteiger partial charge in [0.15, 0.2) is 6.10 Å². The van der Waals surface area contributed by atoms with E-state index in [2.05, 4.69) is 0 Å². The first-order valence-electron chi connectivity index (χ1n) is 6.55. The summed E-state index contributed by atoms with van der Waals surface area (Å²) in [5, 5.41) is 0. The van der Waals surface area contributed by atoms with Crippen molar-refractivity contribution < 1.29 is 23.7 Å². The fourth-order valence-electron chi connectivity index (χ4n) is 1.97. The summed E-state index contributed by atoms with van der Waals surface area (Å²) in [7, 11) is 4.66. The fraction of sp³-hybridized carbons (Fsp3) is 0.438. The van der Waals surface area contributed by atoms with Gasteiger partial charge in [0.05, 0.1) is 26.9 Å². The van der Waals surface area contributed by atoms with Crippen LogP contribution in [-0.4, -0.2) is 27.3 Å². The third kappa shape index (κ3) is 4.41. The molecule has 0 bridgehead atoms. The lowest BCUT2D eigenvalue weighted by molar-refractivity contribution is -0.144. The van der Waals surface area contributed by atoms with Crippen molar-refractivity contribution >= 4 is 5.97 Å². The quantitative estimate of drug-likeness (QED) is 0.595. The maximum atomic E-state index is 11.4. The Labute approximate surface area is 125 Å². The highest BCUT2D eigenvalue weighted by molar-refractivity contribution is 5.67. The molecule has 21 heavy (non-hydrogen) atoms. The van der Waals surface area contributed by atoms with Crippen LogP contribution in [0.4, 0.5) is 0 Å². The zero-order valence-corrected chi connectivity index (χ0v) is 13.4. The average Bonchev–Trinajstić information content (AvgIpc) is 2.43. The van der Waals surface area contributed by atoms with Crippen LogP contribution in [0.3, 0.4) is 0 Å². The first-order valence-corrected chi connectivity index (χ1v) is 6.55. The van der Waals surface area contributed by atoms with Crippen molar-refractivity contribution in [3.63, 3.8) is 0 Å². The van der Waals surface area contributed by atoms with Crippen LogP contribution in [0.2, 0.25) is 0 Å². The molecule has 0 N–H and O–H groups in total. The number of esters is 1. The number of carbonyl (C=O) groups is 1. The maximum absolute atomic E-state index is 11.4. The van der Waals surface area contributed by atoms with E-state index >= 15 is 0 Å². The van der Waals surface area contributed by atoms with Crippen molar-refractivity contribution in [1.29, 1.82) is 0 Å². The van der Waals surface area contributed by atoms with Gasteiger partial charge in [0, 0.05) is 19.1 Å². The van der Waals surface area contributed by atoms with Gasteiger partial charge in [0.25, 0.3) is 0 Å². The summed E-state index contributed by atoms with van der Waals surface area (Å²) in [6.07, 6.45) is 1.26. The lowest BCUT2D eigenvalue weighted by Crippen LogP contribution is -2.10. The minimum atomic E-state index is -0.580. The second kappa shape index (κ2) is 7.57. The van der Waals surface area contributed by atoms with E-state index in [9.17, 15) is 4.79 Å². The molecule has 0 fully saturated rings. The maximum Gasteiger partial charge on any atom is 0.303 e. The topological polar surface area (TPSA) is 54.0 Å². The molecule has 1 aromatic carbocycles. The zero-order chi connectivity index (χ0) is 16.0. The molecule has 5 nitrogen and oxygen atoms in total. The monoisotopic (exact) mass is 294 g/mol. The summed E-state index contributed by atoms with van der Waals surface area (Å²) in [6.45, 7) is 5.23. The van der Waals surface area contributed by atoms with E-state index in [1.54, 1.807) is 33.5 Å². The lowest BCUT2D eigenvalue weighted by atomic mass is 10.0. The Bertz CT molecular complexity index is 504. The van der Waals surface area contributed by atoms with Gasteiger partial charge < -0.3 is 18.9 Å². The molecule has 0 saturated heterocycles. The highest BCUT2D eigenvalue weighted by Gasteiger charge is 2.23. The van der Waals surface area contributed by atoms with Crippen molar-refractivity contribution in [2.45, 2.75) is 26.9 Å². The molecule has 0 saturated carbocycles. The molecule has 0 amide bonds. The van der Waals surface area contributed by atoms with Crippen LogP contribution in [0.15, 0.2) is 23.8 Å². The van der Waals surface area contributed by atoms with Crippen molar-refractivity contribution in [3.8, 4) is 17.2 Å². The summed E-state index contributed by atoms with van der Waals surface area (Å²) < 4.78 is 21.4. The molecule has 116 valence electrons. The van der Waals surface area contributed by atoms with Gasteiger partial charge in [-0.1, -0.05) is 5.57 Å². The minimum absolute atomic E-state index is 0.377. The number of allylic oxidation sites excluding steroid dienone is 1. The summed E-state index contributed by atoms with van der Waals surface area (Å²) in [6, 6.07) is 3.46. The molecule has 0 heterocycles. The third-order valence-corrected chi connectivity index (χ3v) is 2.82. The lowest BCUT2D eigenvalue weighted by Gasteiger charge is -2.21. The fourth-order valence-corrected chi connectivity index (χ4v) is 1.97. The smallest absolute Gasteiger partial charge is 0.303 e. The molecule has 1 unspecified atom stereocenters. The van der Waals surface area contributed by atoms with E-state index in [-0.39, 0.29) is 5.97 Å². The van der Waals surface area contributed by atoms with Crippen LogP contribution in [-0.2, 0) is 9.53 Å². The van der Waals surface area contributed by atoms with Gasteiger partial charge in [0.2, 0.25) is 0 Å². The second-order valence-electron chi connectivity index (χ2n) is 4.72. The first kappa shape index (κ1) is 16.9. The van der Waals surface area contributed by atoms with Gasteiger partial charge in [-0.3, -0.25) is 4.79 Å². The minimum Gasteiger partial charge on any atom is -0.496 e. The molecule has 1 atom stereocenters. The van der Waals surface area contributed by atoms with Crippen molar-refractivity contribution in [2.75, 3.05) is 21.3 Å². The SMILES string of the molecule is COc1cc(OC)c(C(C=C(C)C)OC(C)=O)c(OC)c1. The van der Waals surface area contributed by atoms with Gasteiger partial charge in [-0.2, -0.15) is 0 Å². The largest absolute Gasteiger partial charge is 0.496 e. The van der Waals surface area contributed by atoms with Crippen molar-refractivity contribution in [2.24, 2.45) is 0 Å². The molecular formula is C16H22O5. The standard InChI is InChI=1S/C16H22O5/c1-10(2)7-15(21-11(3)17)16-13(19-5)8-12(18-4)9-14(16)20-6/h7-9,15H,1-6H3. The van der Waals surface area contributed by atoms with E-state index in [1.807, 2.05) is 19.9 Å². The highest BCUT2D eigenvalue weighted by atomic mass is 16.5. The normalized spacial score (nSPS) is 11.3. The van der Waals surface area contributed by atoms with Gasteiger partial charge in [0.1, 0.15) is 17.2 Å². The van der Waals surface area contributed by atoms with Gasteiger partial charge >= 0.3 is 5.97 Å². The van der Waals surface area contributed by atoms with Gasteiger partial charge in [-0.25, -0.2) is 0 Å². The number of rotatable bonds is 6. The summed E-state index contributed by atoms with van der Waals surface area (Å²) in [5.41, 5.74) is 1.67. The highest BCUT2D eigenvalue weighted by Crippen LogP contribution is 2.40. The molecule has 0 aliphatic rings. The van der Waals surface area contributed by atoms with Crippen molar-refractivity contribution in [1.82, 2.24) is 0 Å². The molecule has 5 heteroatoms. The van der Waals surface area contributed by atoms with E-state index in [1.165, 1.54) is 6.92 Å². The van der Waals surface area contributed by atoms with E-state index < -0.39 is 6.10 Å². The third-order valence-electron chi connectivity index (χ3n) is 2.82. The molecule has 0 radical (unpaired) electrons. The van der Waals surface area contributed by atoms with E-state index in [0.717, 1.165) is 5.57 Å². The van der Waals surface area contributed by atoms with Gasteiger partial charge in [-0.05, 0) is 19.9 Å². The van der Waals surface area contributed by atoms with Crippen LogP contribution in [0.25, 0.3) is 0 Å².